The maximum absolute atomic E-state index is 10.6. The van der Waals surface area contributed by atoms with Crippen LogP contribution in [0, 0.1) is 0 Å². The summed E-state index contributed by atoms with van der Waals surface area (Å²) in [6.45, 7) is 0. The molecule has 0 fully saturated rings. The Morgan fingerprint density at radius 3 is 2.63 bits per heavy atom. The van der Waals surface area contributed by atoms with Gasteiger partial charge in [0, 0.05) is 0 Å². The van der Waals surface area contributed by atoms with E-state index in [4.69, 9.17) is 5.11 Å². The molecule has 0 saturated heterocycles. The first-order valence-corrected chi connectivity index (χ1v) is 8.42. The molecule has 0 unspecified atom stereocenters. The maximum atomic E-state index is 10.6. The molecule has 0 aliphatic heterocycles. The van der Waals surface area contributed by atoms with Crippen molar-refractivity contribution in [3.63, 3.8) is 0 Å². The van der Waals surface area contributed by atoms with Crippen LogP contribution in [0.5, 0.6) is 0 Å². The van der Waals surface area contributed by atoms with Gasteiger partial charge in [-0.2, -0.15) is 0 Å². The molecule has 2 rings (SSSR count). The molecule has 0 aliphatic carbocycles. The molecule has 2 aromatic rings. The van der Waals surface area contributed by atoms with Crippen LogP contribution in [0.4, 0.5) is 0 Å². The molecular weight excluding hydrogens is 369 g/mol. The van der Waals surface area contributed by atoms with Crippen LogP contribution in [0.25, 0.3) is 0 Å². The molecule has 1 N–H and O–H groups in total. The van der Waals surface area contributed by atoms with E-state index in [1.807, 2.05) is 42.5 Å². The van der Waals surface area contributed by atoms with E-state index in [0.29, 0.717) is 0 Å². The zero-order chi connectivity index (χ0) is 13.7. The van der Waals surface area contributed by atoms with Gasteiger partial charge in [-0.15, -0.1) is 0 Å². The summed E-state index contributed by atoms with van der Waals surface area (Å²) in [6, 6.07) is 13.6. The van der Waals surface area contributed by atoms with Gasteiger partial charge in [-0.1, -0.05) is 0 Å². The Balaban J connectivity index is 2.09. The quantitative estimate of drug-likeness (QED) is 0.649. The van der Waals surface area contributed by atoms with E-state index in [0.717, 1.165) is 15.9 Å². The number of aliphatic carboxylic acids is 1. The van der Waals surface area contributed by atoms with E-state index in [9.17, 15) is 4.79 Å². The average molecular weight is 380 g/mol. The topological polar surface area (TPSA) is 50.2 Å². The number of rotatable bonds is 4. The Morgan fingerprint density at radius 2 is 2.00 bits per heavy atom. The Kier molecular flexibility index (Phi) is 5.06. The third kappa shape index (κ3) is 4.73. The third-order valence-corrected chi connectivity index (χ3v) is 4.89. The number of nitrogens with zero attached hydrogens (tertiary/aromatic N) is 1. The van der Waals surface area contributed by atoms with Gasteiger partial charge in [0.25, 0.3) is 0 Å². The van der Waals surface area contributed by atoms with Gasteiger partial charge in [0.1, 0.15) is 0 Å². The Hall–Kier alpha value is -1.25. The van der Waals surface area contributed by atoms with E-state index < -0.39 is 5.97 Å². The van der Waals surface area contributed by atoms with Crippen LogP contribution in [-0.4, -0.2) is 36.2 Å². The van der Waals surface area contributed by atoms with Crippen LogP contribution in [0.1, 0.15) is 11.3 Å². The second kappa shape index (κ2) is 6.78. The van der Waals surface area contributed by atoms with E-state index in [1.54, 1.807) is 0 Å². The average Bonchev–Trinajstić information content (AvgIpc) is 2.37. The molecule has 96 valence electrons. The van der Waals surface area contributed by atoms with Gasteiger partial charge in [0.15, 0.2) is 0 Å². The van der Waals surface area contributed by atoms with E-state index in [1.165, 1.54) is 4.35 Å². The summed E-state index contributed by atoms with van der Waals surface area (Å²) >= 11 is 3.24. The first-order chi connectivity index (χ1) is 9.13. The van der Waals surface area contributed by atoms with Crippen LogP contribution < -0.4 is 4.35 Å². The summed E-state index contributed by atoms with van der Waals surface area (Å²) in [4.78, 5) is 17.1. The number of carboxylic acid groups (broad SMARTS) is 1. The number of pyridine rings is 1. The predicted molar refractivity (Wildman–Crippen MR) is 80.3 cm³/mol. The molecule has 0 radical (unpaired) electrons. The van der Waals surface area contributed by atoms with Gasteiger partial charge in [0.05, 0.1) is 0 Å². The summed E-state index contributed by atoms with van der Waals surface area (Å²) in [7, 11) is 0. The number of carbonyl (C=O) groups is 1. The summed E-state index contributed by atoms with van der Waals surface area (Å²) in [5.74, 6) is -0.800. The second-order valence-electron chi connectivity index (χ2n) is 3.88. The Morgan fingerprint density at radius 1 is 1.26 bits per heavy atom. The predicted octanol–water partition coefficient (Wildman–Crippen LogP) is 1.65. The molecule has 0 aliphatic rings. The SMILES string of the molecule is O=C(O)Cc1ccc(/[As]=C/c2cccc(Br)n2)cc1. The molecule has 3 nitrogen and oxygen atoms in total. The standard InChI is InChI=1S/C14H11AsBrNO2/c16-13-3-1-2-12(17-13)9-15-11-6-4-10(5-7-11)8-14(18)19/h1-7,9H,8H2,(H,18,19). The van der Waals surface area contributed by atoms with Crippen LogP contribution in [-0.2, 0) is 11.2 Å². The van der Waals surface area contributed by atoms with Crippen LogP contribution in [0.15, 0.2) is 47.1 Å². The second-order valence-corrected chi connectivity index (χ2v) is 6.86. The first kappa shape index (κ1) is 14.2. The van der Waals surface area contributed by atoms with Crippen molar-refractivity contribution in [2.75, 3.05) is 0 Å². The van der Waals surface area contributed by atoms with Crippen molar-refractivity contribution in [1.29, 1.82) is 0 Å². The zero-order valence-electron chi connectivity index (χ0n) is 9.95. The molecule has 1 aromatic heterocycles. The molecule has 1 aromatic carbocycles. The zero-order valence-corrected chi connectivity index (χ0v) is 13.4. The van der Waals surface area contributed by atoms with Gasteiger partial charge in [-0.25, -0.2) is 0 Å². The van der Waals surface area contributed by atoms with Crippen LogP contribution in [0.2, 0.25) is 0 Å². The molecule has 0 atom stereocenters. The number of aromatic nitrogens is 1. The third-order valence-electron chi connectivity index (χ3n) is 2.37. The fourth-order valence-electron chi connectivity index (χ4n) is 1.51. The molecule has 0 amide bonds. The van der Waals surface area contributed by atoms with Gasteiger partial charge in [-0.05, 0) is 0 Å². The number of carboxylic acids is 1. The van der Waals surface area contributed by atoms with E-state index >= 15 is 0 Å². The first-order valence-electron chi connectivity index (χ1n) is 5.61. The molecule has 5 heteroatoms. The molecular formula is C14H11AsBrNO2. The Bertz CT molecular complexity index is 611. The minimum absolute atomic E-state index is 0.0771. The number of benzene rings is 1. The van der Waals surface area contributed by atoms with Crippen molar-refractivity contribution in [3.8, 4) is 0 Å². The number of halogens is 1. The van der Waals surface area contributed by atoms with Crippen molar-refractivity contribution < 1.29 is 9.90 Å². The molecule has 19 heavy (non-hydrogen) atoms. The van der Waals surface area contributed by atoms with Crippen molar-refractivity contribution in [2.45, 2.75) is 6.42 Å². The fraction of sp³-hybridized carbons (Fsp3) is 0.0714. The van der Waals surface area contributed by atoms with Gasteiger partial charge < -0.3 is 0 Å². The van der Waals surface area contributed by atoms with Gasteiger partial charge in [-0.3, -0.25) is 0 Å². The normalized spacial score (nSPS) is 10.8. The molecule has 0 bridgehead atoms. The van der Waals surface area contributed by atoms with Crippen molar-refractivity contribution in [3.05, 3.63) is 58.3 Å². The van der Waals surface area contributed by atoms with E-state index in [2.05, 4.69) is 25.7 Å². The molecule has 0 spiro atoms. The summed E-state index contributed by atoms with van der Waals surface area (Å²) in [6.07, 6.45) is 0.0771. The summed E-state index contributed by atoms with van der Waals surface area (Å²) in [5.41, 5.74) is 1.79. The fourth-order valence-corrected chi connectivity index (χ4v) is 3.43. The molecule has 1 heterocycles. The van der Waals surface area contributed by atoms with Gasteiger partial charge >= 0.3 is 126 Å². The van der Waals surface area contributed by atoms with Gasteiger partial charge in [0.2, 0.25) is 0 Å². The van der Waals surface area contributed by atoms with Crippen molar-refractivity contribution in [1.82, 2.24) is 4.98 Å². The van der Waals surface area contributed by atoms with Crippen LogP contribution in [0.3, 0.4) is 0 Å². The monoisotopic (exact) mass is 379 g/mol. The minimum atomic E-state index is -0.800. The van der Waals surface area contributed by atoms with Crippen molar-refractivity contribution in [2.24, 2.45) is 0 Å². The molecule has 0 saturated carbocycles. The number of hydrogen-bond acceptors (Lipinski definition) is 2. The van der Waals surface area contributed by atoms with E-state index in [-0.39, 0.29) is 21.7 Å². The Labute approximate surface area is 126 Å². The summed E-state index contributed by atoms with van der Waals surface area (Å²) in [5, 5.41) is 8.70. The summed E-state index contributed by atoms with van der Waals surface area (Å²) < 4.78 is 2.06. The van der Waals surface area contributed by atoms with Crippen molar-refractivity contribution >= 4 is 46.4 Å². The number of hydrogen-bond donors (Lipinski definition) is 1. The van der Waals surface area contributed by atoms with Crippen LogP contribution >= 0.6 is 15.9 Å².